The van der Waals surface area contributed by atoms with Crippen molar-refractivity contribution in [2.45, 2.75) is 55.7 Å². The second-order valence-electron chi connectivity index (χ2n) is 8.51. The highest BCUT2D eigenvalue weighted by molar-refractivity contribution is 14.1. The smallest absolute Gasteiger partial charge is 0.253 e. The SMILES string of the molecule is CCCCCNc1ccc(NC(=O)C2CCCCN2S(=O)(=O)c2cccs2)c2cccc(I)c12. The number of anilines is 2. The molecule has 0 saturated carbocycles. The maximum Gasteiger partial charge on any atom is 0.253 e. The van der Waals surface area contributed by atoms with Gasteiger partial charge >= 0.3 is 0 Å². The maximum atomic E-state index is 13.4. The second kappa shape index (κ2) is 11.4. The first-order valence-corrected chi connectivity index (χ1v) is 15.1. The molecule has 9 heteroatoms. The van der Waals surface area contributed by atoms with Crippen LogP contribution in [0.2, 0.25) is 0 Å². The third-order valence-corrected chi connectivity index (χ3v) is 10.3. The number of sulfonamides is 1. The Morgan fingerprint density at radius 2 is 1.94 bits per heavy atom. The molecule has 3 aromatic rings. The summed E-state index contributed by atoms with van der Waals surface area (Å²) in [6.07, 6.45) is 5.56. The van der Waals surface area contributed by atoms with Crippen LogP contribution in [-0.4, -0.2) is 37.8 Å². The number of fused-ring (bicyclic) bond motifs is 1. The van der Waals surface area contributed by atoms with Gasteiger partial charge in [0.25, 0.3) is 10.0 Å². The predicted molar refractivity (Wildman–Crippen MR) is 149 cm³/mol. The number of halogens is 1. The van der Waals surface area contributed by atoms with Gasteiger partial charge in [0.1, 0.15) is 10.3 Å². The standard InChI is InChI=1S/C25H30IN3O3S2/c1-2-3-5-15-27-21-14-13-20(18-9-7-10-19(26)24(18)21)28-25(30)22-11-4-6-16-29(22)34(31,32)23-12-8-17-33-23/h7-10,12-14,17,22,27H,2-6,11,15-16H2,1H3,(H,28,30). The van der Waals surface area contributed by atoms with Crippen LogP contribution in [0.5, 0.6) is 0 Å². The first kappa shape index (κ1) is 25.4. The number of unbranched alkanes of at least 4 members (excludes halogenated alkanes) is 2. The van der Waals surface area contributed by atoms with Gasteiger partial charge in [-0.15, -0.1) is 11.3 Å². The molecule has 4 rings (SSSR count). The van der Waals surface area contributed by atoms with Crippen molar-refractivity contribution in [1.82, 2.24) is 4.31 Å². The quantitative estimate of drug-likeness (QED) is 0.220. The summed E-state index contributed by atoms with van der Waals surface area (Å²) in [5.74, 6) is -0.274. The van der Waals surface area contributed by atoms with E-state index < -0.39 is 16.1 Å². The van der Waals surface area contributed by atoms with Gasteiger partial charge in [-0.3, -0.25) is 4.79 Å². The molecular formula is C25H30IN3O3S2. The van der Waals surface area contributed by atoms with E-state index in [4.69, 9.17) is 0 Å². The molecule has 182 valence electrons. The molecule has 1 aliphatic rings. The number of amides is 1. The van der Waals surface area contributed by atoms with Crippen LogP contribution in [0.25, 0.3) is 10.8 Å². The average Bonchev–Trinajstić information content (AvgIpc) is 3.39. The van der Waals surface area contributed by atoms with Gasteiger partial charge in [-0.1, -0.05) is 44.4 Å². The van der Waals surface area contributed by atoms with Crippen LogP contribution in [0.3, 0.4) is 0 Å². The lowest BCUT2D eigenvalue weighted by atomic mass is 10.0. The summed E-state index contributed by atoms with van der Waals surface area (Å²) in [7, 11) is -3.70. The molecule has 0 radical (unpaired) electrons. The van der Waals surface area contributed by atoms with Crippen LogP contribution in [0.1, 0.15) is 45.4 Å². The molecule has 2 heterocycles. The van der Waals surface area contributed by atoms with Crippen molar-refractivity contribution in [3.8, 4) is 0 Å². The monoisotopic (exact) mass is 611 g/mol. The minimum atomic E-state index is -3.70. The minimum Gasteiger partial charge on any atom is -0.385 e. The van der Waals surface area contributed by atoms with Crippen LogP contribution in [0.15, 0.2) is 52.1 Å². The molecule has 0 spiro atoms. The number of benzene rings is 2. The third kappa shape index (κ3) is 5.42. The Bertz CT molecular complexity index is 1250. The number of hydrogen-bond donors (Lipinski definition) is 2. The zero-order valence-corrected chi connectivity index (χ0v) is 23.0. The summed E-state index contributed by atoms with van der Waals surface area (Å²) in [5, 5.41) is 10.4. The predicted octanol–water partition coefficient (Wildman–Crippen LogP) is 6.29. The summed E-state index contributed by atoms with van der Waals surface area (Å²) < 4.78 is 29.2. The number of nitrogens with zero attached hydrogens (tertiary/aromatic N) is 1. The first-order chi connectivity index (χ1) is 16.4. The zero-order valence-electron chi connectivity index (χ0n) is 19.2. The number of carbonyl (C=O) groups excluding carboxylic acids is 1. The van der Waals surface area contributed by atoms with Gasteiger partial charge in [0.05, 0.1) is 0 Å². The Balaban J connectivity index is 1.60. The molecule has 1 atom stereocenters. The fourth-order valence-electron chi connectivity index (χ4n) is 4.41. The van der Waals surface area contributed by atoms with E-state index in [1.54, 1.807) is 17.5 Å². The van der Waals surface area contributed by atoms with Crippen molar-refractivity contribution < 1.29 is 13.2 Å². The number of rotatable bonds is 9. The van der Waals surface area contributed by atoms with E-state index in [1.165, 1.54) is 28.5 Å². The fraction of sp³-hybridized carbons (Fsp3) is 0.400. The molecule has 2 N–H and O–H groups in total. The topological polar surface area (TPSA) is 78.5 Å². The molecule has 34 heavy (non-hydrogen) atoms. The molecular weight excluding hydrogens is 581 g/mol. The lowest BCUT2D eigenvalue weighted by molar-refractivity contribution is -0.120. The summed E-state index contributed by atoms with van der Waals surface area (Å²) in [5.41, 5.74) is 1.75. The van der Waals surface area contributed by atoms with Crippen molar-refractivity contribution in [3.63, 3.8) is 0 Å². The highest BCUT2D eigenvalue weighted by atomic mass is 127. The largest absolute Gasteiger partial charge is 0.385 e. The molecule has 0 bridgehead atoms. The first-order valence-electron chi connectivity index (χ1n) is 11.7. The Hall–Kier alpha value is -1.69. The number of hydrogen-bond acceptors (Lipinski definition) is 5. The van der Waals surface area contributed by atoms with Gasteiger partial charge in [0.2, 0.25) is 5.91 Å². The van der Waals surface area contributed by atoms with E-state index in [1.807, 2.05) is 24.3 Å². The molecule has 1 aromatic heterocycles. The van der Waals surface area contributed by atoms with E-state index >= 15 is 0 Å². The summed E-state index contributed by atoms with van der Waals surface area (Å²) >= 11 is 3.51. The summed E-state index contributed by atoms with van der Waals surface area (Å²) in [6, 6.07) is 12.6. The third-order valence-electron chi connectivity index (χ3n) is 6.16. The Morgan fingerprint density at radius 3 is 2.71 bits per heavy atom. The molecule has 1 aliphatic heterocycles. The summed E-state index contributed by atoms with van der Waals surface area (Å²) in [6.45, 7) is 3.45. The fourth-order valence-corrected chi connectivity index (χ4v) is 7.98. The molecule has 0 aliphatic carbocycles. The van der Waals surface area contributed by atoms with Gasteiger partial charge < -0.3 is 10.6 Å². The molecule has 1 fully saturated rings. The molecule has 6 nitrogen and oxygen atoms in total. The molecule has 1 unspecified atom stereocenters. The van der Waals surface area contributed by atoms with E-state index in [-0.39, 0.29) is 10.1 Å². The molecule has 2 aromatic carbocycles. The lowest BCUT2D eigenvalue weighted by Gasteiger charge is -2.33. The summed E-state index contributed by atoms with van der Waals surface area (Å²) in [4.78, 5) is 13.4. The van der Waals surface area contributed by atoms with Gasteiger partial charge in [-0.05, 0) is 71.5 Å². The Labute approximate surface area is 219 Å². The van der Waals surface area contributed by atoms with E-state index in [0.717, 1.165) is 45.8 Å². The van der Waals surface area contributed by atoms with Gasteiger partial charge in [0.15, 0.2) is 0 Å². The number of piperidine rings is 1. The van der Waals surface area contributed by atoms with E-state index in [2.05, 4.69) is 46.2 Å². The normalized spacial score (nSPS) is 17.1. The van der Waals surface area contributed by atoms with Crippen molar-refractivity contribution in [2.24, 2.45) is 0 Å². The molecule has 1 amide bonds. The van der Waals surface area contributed by atoms with Gasteiger partial charge in [0, 0.05) is 38.8 Å². The molecule has 1 saturated heterocycles. The highest BCUT2D eigenvalue weighted by Gasteiger charge is 2.38. The van der Waals surface area contributed by atoms with Crippen LogP contribution >= 0.6 is 33.9 Å². The Kier molecular flexibility index (Phi) is 8.49. The second-order valence-corrected chi connectivity index (χ2v) is 12.7. The average molecular weight is 612 g/mol. The number of nitrogens with one attached hydrogen (secondary N) is 2. The van der Waals surface area contributed by atoms with Crippen LogP contribution < -0.4 is 10.6 Å². The highest BCUT2D eigenvalue weighted by Crippen LogP contribution is 2.35. The Morgan fingerprint density at radius 1 is 1.12 bits per heavy atom. The van der Waals surface area contributed by atoms with Crippen LogP contribution in [0, 0.1) is 3.57 Å². The minimum absolute atomic E-state index is 0.274. The lowest BCUT2D eigenvalue weighted by Crippen LogP contribution is -2.49. The van der Waals surface area contributed by atoms with Crippen LogP contribution in [0.4, 0.5) is 11.4 Å². The van der Waals surface area contributed by atoms with Crippen molar-refractivity contribution in [2.75, 3.05) is 23.7 Å². The number of thiophene rings is 1. The van der Waals surface area contributed by atoms with E-state index in [0.29, 0.717) is 18.7 Å². The zero-order chi connectivity index (χ0) is 24.1. The van der Waals surface area contributed by atoms with Gasteiger partial charge in [-0.25, -0.2) is 8.42 Å². The van der Waals surface area contributed by atoms with Gasteiger partial charge in [-0.2, -0.15) is 4.31 Å². The van der Waals surface area contributed by atoms with Crippen molar-refractivity contribution in [3.05, 3.63) is 51.4 Å². The number of carbonyl (C=O) groups is 1. The van der Waals surface area contributed by atoms with Crippen molar-refractivity contribution in [1.29, 1.82) is 0 Å². The van der Waals surface area contributed by atoms with Crippen LogP contribution in [-0.2, 0) is 14.8 Å². The van der Waals surface area contributed by atoms with E-state index in [9.17, 15) is 13.2 Å². The maximum absolute atomic E-state index is 13.4. The van der Waals surface area contributed by atoms with Crippen molar-refractivity contribution >= 4 is 72.0 Å².